The van der Waals surface area contributed by atoms with Gasteiger partial charge in [-0.1, -0.05) is 20.8 Å². The summed E-state index contributed by atoms with van der Waals surface area (Å²) in [7, 11) is 0. The Morgan fingerprint density at radius 3 is 2.65 bits per heavy atom. The van der Waals surface area contributed by atoms with E-state index in [9.17, 15) is 4.39 Å². The van der Waals surface area contributed by atoms with Gasteiger partial charge in [-0.2, -0.15) is 0 Å². The first kappa shape index (κ1) is 15.8. The van der Waals surface area contributed by atoms with E-state index in [4.69, 9.17) is 11.6 Å². The second-order valence-corrected chi connectivity index (χ2v) is 7.42. The maximum absolute atomic E-state index is 13.8. The maximum Gasteiger partial charge on any atom is 0.139 e. The summed E-state index contributed by atoms with van der Waals surface area (Å²) in [6.07, 6.45) is 1.70. The van der Waals surface area contributed by atoms with E-state index in [1.165, 1.54) is 0 Å². The van der Waals surface area contributed by atoms with Crippen molar-refractivity contribution in [1.82, 2.24) is 9.55 Å². The van der Waals surface area contributed by atoms with Gasteiger partial charge in [0.2, 0.25) is 0 Å². The zero-order chi connectivity index (χ0) is 14.9. The van der Waals surface area contributed by atoms with Crippen LogP contribution in [-0.2, 0) is 13.0 Å². The number of hydrogen-bond donors (Lipinski definition) is 0. The molecule has 0 unspecified atom stereocenters. The number of hydrogen-bond acceptors (Lipinski definition) is 1. The molecular formula is C15H19BrClFN2. The number of halogens is 3. The minimum absolute atomic E-state index is 0.225. The Morgan fingerprint density at radius 2 is 2.05 bits per heavy atom. The molecule has 0 saturated heterocycles. The SMILES string of the molecule is CC(C)(C)CCn1c(CCCl)nc2cc(Br)c(F)cc21. The Balaban J connectivity index is 2.47. The fourth-order valence-corrected chi connectivity index (χ4v) is 2.64. The molecule has 0 fully saturated rings. The van der Waals surface area contributed by atoms with Gasteiger partial charge in [0.25, 0.3) is 0 Å². The minimum Gasteiger partial charge on any atom is -0.328 e. The van der Waals surface area contributed by atoms with E-state index in [0.29, 0.717) is 16.8 Å². The van der Waals surface area contributed by atoms with E-state index < -0.39 is 0 Å². The lowest BCUT2D eigenvalue weighted by Crippen LogP contribution is -2.12. The molecule has 110 valence electrons. The highest BCUT2D eigenvalue weighted by Gasteiger charge is 2.16. The van der Waals surface area contributed by atoms with Gasteiger partial charge in [0.05, 0.1) is 15.5 Å². The molecule has 0 saturated carbocycles. The van der Waals surface area contributed by atoms with Crippen molar-refractivity contribution in [2.45, 2.75) is 40.2 Å². The third kappa shape index (κ3) is 3.53. The van der Waals surface area contributed by atoms with Crippen molar-refractivity contribution in [2.24, 2.45) is 5.41 Å². The van der Waals surface area contributed by atoms with Crippen molar-refractivity contribution in [1.29, 1.82) is 0 Å². The average Bonchev–Trinajstić information content (AvgIpc) is 2.64. The standard InChI is InChI=1S/C15H19BrClFN2/c1-15(2,3)5-7-20-13-9-11(18)10(16)8-12(13)19-14(20)4-6-17/h8-9H,4-7H2,1-3H3. The Hall–Kier alpha value is -0.610. The number of alkyl halides is 1. The van der Waals surface area contributed by atoms with E-state index in [0.717, 1.165) is 29.8 Å². The summed E-state index contributed by atoms with van der Waals surface area (Å²) in [6, 6.07) is 3.28. The van der Waals surface area contributed by atoms with Crippen LogP contribution in [0.2, 0.25) is 0 Å². The molecule has 20 heavy (non-hydrogen) atoms. The van der Waals surface area contributed by atoms with Crippen molar-refractivity contribution in [3.05, 3.63) is 28.2 Å². The monoisotopic (exact) mass is 360 g/mol. The van der Waals surface area contributed by atoms with Crippen LogP contribution in [0, 0.1) is 11.2 Å². The smallest absolute Gasteiger partial charge is 0.139 e. The lowest BCUT2D eigenvalue weighted by Gasteiger charge is -2.19. The second-order valence-electron chi connectivity index (χ2n) is 6.18. The van der Waals surface area contributed by atoms with E-state index >= 15 is 0 Å². The summed E-state index contributed by atoms with van der Waals surface area (Å²) in [4.78, 5) is 4.59. The number of aromatic nitrogens is 2. The van der Waals surface area contributed by atoms with Crippen LogP contribution < -0.4 is 0 Å². The van der Waals surface area contributed by atoms with Gasteiger partial charge in [-0.25, -0.2) is 9.37 Å². The van der Waals surface area contributed by atoms with Crippen LogP contribution in [0.4, 0.5) is 4.39 Å². The second kappa shape index (κ2) is 6.02. The summed E-state index contributed by atoms with van der Waals surface area (Å²) in [5.74, 6) is 1.19. The predicted molar refractivity (Wildman–Crippen MR) is 85.9 cm³/mol. The van der Waals surface area contributed by atoms with Gasteiger partial charge >= 0.3 is 0 Å². The Bertz CT molecular complexity index is 616. The topological polar surface area (TPSA) is 17.8 Å². The largest absolute Gasteiger partial charge is 0.328 e. The van der Waals surface area contributed by atoms with E-state index in [-0.39, 0.29) is 11.2 Å². The van der Waals surface area contributed by atoms with Gasteiger partial charge in [-0.3, -0.25) is 0 Å². The Labute approximate surface area is 132 Å². The van der Waals surface area contributed by atoms with E-state index in [2.05, 4.69) is 46.3 Å². The van der Waals surface area contributed by atoms with Gasteiger partial charge in [0.15, 0.2) is 0 Å². The van der Waals surface area contributed by atoms with Gasteiger partial charge in [-0.15, -0.1) is 11.6 Å². The third-order valence-corrected chi connectivity index (χ3v) is 4.07. The van der Waals surface area contributed by atoms with Crippen molar-refractivity contribution in [3.8, 4) is 0 Å². The normalized spacial score (nSPS) is 12.3. The van der Waals surface area contributed by atoms with Crippen LogP contribution >= 0.6 is 27.5 Å². The van der Waals surface area contributed by atoms with Gasteiger partial charge in [0.1, 0.15) is 11.6 Å². The summed E-state index contributed by atoms with van der Waals surface area (Å²) < 4.78 is 16.3. The molecule has 0 amide bonds. The van der Waals surface area contributed by atoms with Crippen LogP contribution in [0.1, 0.15) is 33.0 Å². The zero-order valence-electron chi connectivity index (χ0n) is 12.0. The molecule has 0 bridgehead atoms. The maximum atomic E-state index is 13.8. The van der Waals surface area contributed by atoms with Crippen molar-refractivity contribution < 1.29 is 4.39 Å². The molecule has 0 spiro atoms. The quantitative estimate of drug-likeness (QED) is 0.688. The Morgan fingerprint density at radius 1 is 1.35 bits per heavy atom. The first-order valence-electron chi connectivity index (χ1n) is 6.72. The highest BCUT2D eigenvalue weighted by Crippen LogP contribution is 2.27. The fourth-order valence-electron chi connectivity index (χ4n) is 2.14. The molecule has 0 N–H and O–H groups in total. The highest BCUT2D eigenvalue weighted by atomic mass is 79.9. The van der Waals surface area contributed by atoms with Gasteiger partial charge in [-0.05, 0) is 33.8 Å². The zero-order valence-corrected chi connectivity index (χ0v) is 14.4. The summed E-state index contributed by atoms with van der Waals surface area (Å²) in [5, 5.41) is 0. The summed E-state index contributed by atoms with van der Waals surface area (Å²) in [6.45, 7) is 7.42. The van der Waals surface area contributed by atoms with Gasteiger partial charge < -0.3 is 4.57 Å². The highest BCUT2D eigenvalue weighted by molar-refractivity contribution is 9.10. The van der Waals surface area contributed by atoms with E-state index in [1.54, 1.807) is 12.1 Å². The number of aryl methyl sites for hydroxylation is 2. The van der Waals surface area contributed by atoms with Crippen LogP contribution in [0.15, 0.2) is 16.6 Å². The third-order valence-electron chi connectivity index (χ3n) is 3.27. The molecule has 1 aromatic carbocycles. The van der Waals surface area contributed by atoms with Crippen molar-refractivity contribution in [3.63, 3.8) is 0 Å². The Kier molecular flexibility index (Phi) is 4.75. The summed E-state index contributed by atoms with van der Waals surface area (Å²) in [5.41, 5.74) is 1.88. The number of imidazole rings is 1. The lowest BCUT2D eigenvalue weighted by atomic mass is 9.92. The van der Waals surface area contributed by atoms with Crippen LogP contribution in [0.5, 0.6) is 0 Å². The lowest BCUT2D eigenvalue weighted by molar-refractivity contribution is 0.350. The first-order chi connectivity index (χ1) is 9.31. The summed E-state index contributed by atoms with van der Waals surface area (Å²) >= 11 is 9.06. The first-order valence-corrected chi connectivity index (χ1v) is 8.05. The molecule has 0 radical (unpaired) electrons. The fraction of sp³-hybridized carbons (Fsp3) is 0.533. The molecular weight excluding hydrogens is 343 g/mol. The van der Waals surface area contributed by atoms with E-state index in [1.807, 2.05) is 0 Å². The number of fused-ring (bicyclic) bond motifs is 1. The minimum atomic E-state index is -0.258. The molecule has 0 aliphatic heterocycles. The molecule has 1 aromatic heterocycles. The van der Waals surface area contributed by atoms with Crippen LogP contribution in [-0.4, -0.2) is 15.4 Å². The molecule has 5 heteroatoms. The molecule has 2 nitrogen and oxygen atoms in total. The molecule has 0 aliphatic rings. The molecule has 1 heterocycles. The molecule has 2 rings (SSSR count). The number of rotatable bonds is 4. The molecule has 0 aliphatic carbocycles. The van der Waals surface area contributed by atoms with Crippen LogP contribution in [0.25, 0.3) is 11.0 Å². The average molecular weight is 362 g/mol. The predicted octanol–water partition coefficient (Wildman–Crippen LogP) is 5.16. The van der Waals surface area contributed by atoms with Crippen molar-refractivity contribution >= 4 is 38.6 Å². The van der Waals surface area contributed by atoms with Crippen molar-refractivity contribution in [2.75, 3.05) is 5.88 Å². The molecule has 0 atom stereocenters. The van der Waals surface area contributed by atoms with Crippen LogP contribution in [0.3, 0.4) is 0 Å². The van der Waals surface area contributed by atoms with Gasteiger partial charge in [0, 0.05) is 24.9 Å². The number of benzene rings is 1. The number of nitrogens with zero attached hydrogens (tertiary/aromatic N) is 2. The molecule has 2 aromatic rings.